The van der Waals surface area contributed by atoms with E-state index in [9.17, 15) is 18.0 Å². The molecule has 0 saturated carbocycles. The fourth-order valence-corrected chi connectivity index (χ4v) is 4.19. The molecule has 0 spiro atoms. The van der Waals surface area contributed by atoms with Crippen LogP contribution in [-0.2, 0) is 6.18 Å². The van der Waals surface area contributed by atoms with Crippen molar-refractivity contribution in [2.45, 2.75) is 19.0 Å². The van der Waals surface area contributed by atoms with Crippen LogP contribution in [-0.4, -0.2) is 19.0 Å². The molecule has 1 fully saturated rings. The maximum Gasteiger partial charge on any atom is 0.416 e. The second-order valence-electron chi connectivity index (χ2n) is 5.62. The number of alkyl halides is 3. The molecule has 25 heavy (non-hydrogen) atoms. The number of hydrogen-bond acceptors (Lipinski definition) is 3. The summed E-state index contributed by atoms with van der Waals surface area (Å²) in [5, 5.41) is 2.55. The Hall–Kier alpha value is -1.44. The van der Waals surface area contributed by atoms with Crippen LogP contribution < -0.4 is 10.2 Å². The summed E-state index contributed by atoms with van der Waals surface area (Å²) in [7, 11) is 0. The van der Waals surface area contributed by atoms with Crippen molar-refractivity contribution in [2.75, 3.05) is 23.3 Å². The summed E-state index contributed by atoms with van der Waals surface area (Å²) in [4.78, 5) is 14.4. The first-order valence-corrected chi connectivity index (χ1v) is 9.05. The minimum absolute atomic E-state index is 0.111. The maximum atomic E-state index is 13.0. The Labute approximate surface area is 156 Å². The number of hydrogen-bond donors (Lipinski definition) is 1. The molecule has 3 rings (SSSR count). The third kappa shape index (κ3) is 4.04. The highest BCUT2D eigenvalue weighted by atomic mass is 35.5. The number of benzene rings is 1. The highest BCUT2D eigenvalue weighted by Crippen LogP contribution is 2.37. The van der Waals surface area contributed by atoms with E-state index in [4.69, 9.17) is 23.2 Å². The maximum absolute atomic E-state index is 13.0. The fraction of sp³-hybridized carbons (Fsp3) is 0.312. The first kappa shape index (κ1) is 18.4. The molecule has 1 amide bonds. The van der Waals surface area contributed by atoms with Crippen LogP contribution in [0.25, 0.3) is 0 Å². The van der Waals surface area contributed by atoms with E-state index in [1.54, 1.807) is 0 Å². The Morgan fingerprint density at radius 2 is 1.84 bits per heavy atom. The molecule has 0 bridgehead atoms. The van der Waals surface area contributed by atoms with Crippen LogP contribution in [0, 0.1) is 0 Å². The first-order chi connectivity index (χ1) is 11.8. The fourth-order valence-electron chi connectivity index (χ4n) is 2.73. The number of carbonyl (C=O) groups excluding carboxylic acids is 1. The van der Waals surface area contributed by atoms with E-state index in [1.165, 1.54) is 12.1 Å². The average Bonchev–Trinajstić information content (AvgIpc) is 3.16. The molecule has 0 aliphatic carbocycles. The molecular formula is C16H13Cl2F3N2OS. The largest absolute Gasteiger partial charge is 0.416 e. The summed E-state index contributed by atoms with van der Waals surface area (Å²) in [5.41, 5.74) is -0.00180. The predicted molar refractivity (Wildman–Crippen MR) is 95.2 cm³/mol. The zero-order valence-electron chi connectivity index (χ0n) is 12.8. The smallest absolute Gasteiger partial charge is 0.370 e. The number of nitrogens with one attached hydrogen (secondary N) is 1. The highest BCUT2D eigenvalue weighted by molar-refractivity contribution is 7.20. The molecular weight excluding hydrogens is 396 g/mol. The molecule has 0 unspecified atom stereocenters. The number of rotatable bonds is 3. The van der Waals surface area contributed by atoms with Crippen molar-refractivity contribution in [3.63, 3.8) is 0 Å². The van der Waals surface area contributed by atoms with Crippen LogP contribution in [0.4, 0.5) is 24.5 Å². The van der Waals surface area contributed by atoms with Gasteiger partial charge in [0, 0.05) is 13.1 Å². The second-order valence-corrected chi connectivity index (χ2v) is 7.90. The molecule has 3 nitrogen and oxygen atoms in total. The number of carbonyl (C=O) groups is 1. The van der Waals surface area contributed by atoms with Crippen molar-refractivity contribution >= 4 is 51.8 Å². The van der Waals surface area contributed by atoms with Gasteiger partial charge in [-0.15, -0.1) is 11.3 Å². The van der Waals surface area contributed by atoms with E-state index in [0.29, 0.717) is 10.0 Å². The molecule has 9 heteroatoms. The molecule has 1 aliphatic rings. The number of halogens is 5. The van der Waals surface area contributed by atoms with Crippen LogP contribution in [0.1, 0.15) is 28.8 Å². The molecule has 1 aromatic heterocycles. The van der Waals surface area contributed by atoms with Gasteiger partial charge in [0.05, 0.1) is 26.8 Å². The van der Waals surface area contributed by atoms with E-state index < -0.39 is 17.6 Å². The van der Waals surface area contributed by atoms with Gasteiger partial charge in [0.1, 0.15) is 4.34 Å². The van der Waals surface area contributed by atoms with E-state index in [1.807, 2.05) is 4.90 Å². The standard InChI is InChI=1S/C16H13Cl2F3N2OS/c17-13-8-10(14(18)25-13)15(24)22-11-7-9(16(19,20)21)3-4-12(11)23-5-1-2-6-23/h3-4,7-8H,1-2,5-6H2,(H,22,24). The Kier molecular flexibility index (Phi) is 5.18. The quantitative estimate of drug-likeness (QED) is 0.682. The summed E-state index contributed by atoms with van der Waals surface area (Å²) in [6, 6.07) is 4.77. The lowest BCUT2D eigenvalue weighted by atomic mass is 10.1. The van der Waals surface area contributed by atoms with Crippen molar-refractivity contribution < 1.29 is 18.0 Å². The third-order valence-corrected chi connectivity index (χ3v) is 5.41. The summed E-state index contributed by atoms with van der Waals surface area (Å²) in [5.74, 6) is -0.590. The molecule has 2 heterocycles. The molecule has 1 aromatic carbocycles. The van der Waals surface area contributed by atoms with Gasteiger partial charge in [0.2, 0.25) is 0 Å². The Balaban J connectivity index is 1.96. The first-order valence-electron chi connectivity index (χ1n) is 7.48. The summed E-state index contributed by atoms with van der Waals surface area (Å²) in [6.45, 7) is 1.47. The molecule has 0 atom stereocenters. The van der Waals surface area contributed by atoms with Gasteiger partial charge in [0.15, 0.2) is 0 Å². The van der Waals surface area contributed by atoms with E-state index in [2.05, 4.69) is 5.32 Å². The van der Waals surface area contributed by atoms with Gasteiger partial charge in [-0.25, -0.2) is 0 Å². The minimum atomic E-state index is -4.49. The number of amides is 1. The van der Waals surface area contributed by atoms with Gasteiger partial charge in [-0.05, 0) is 37.1 Å². The average molecular weight is 409 g/mol. The monoisotopic (exact) mass is 408 g/mol. The molecule has 1 saturated heterocycles. The van der Waals surface area contributed by atoms with Crippen LogP contribution >= 0.6 is 34.5 Å². The lowest BCUT2D eigenvalue weighted by Crippen LogP contribution is -2.22. The van der Waals surface area contributed by atoms with Crippen molar-refractivity contribution in [1.82, 2.24) is 0 Å². The molecule has 1 aliphatic heterocycles. The molecule has 2 aromatic rings. The number of thiophene rings is 1. The van der Waals surface area contributed by atoms with Crippen LogP contribution in [0.5, 0.6) is 0 Å². The zero-order valence-corrected chi connectivity index (χ0v) is 15.1. The van der Waals surface area contributed by atoms with Gasteiger partial charge in [-0.1, -0.05) is 23.2 Å². The predicted octanol–water partition coefficient (Wildman–Crippen LogP) is 5.93. The van der Waals surface area contributed by atoms with Crippen LogP contribution in [0.15, 0.2) is 24.3 Å². The number of nitrogens with zero attached hydrogens (tertiary/aromatic N) is 1. The number of anilines is 2. The Bertz CT molecular complexity index is 801. The molecule has 0 radical (unpaired) electrons. The Morgan fingerprint density at radius 3 is 2.40 bits per heavy atom. The lowest BCUT2D eigenvalue weighted by Gasteiger charge is -2.23. The molecule has 134 valence electrons. The summed E-state index contributed by atoms with van der Waals surface area (Å²) in [6.07, 6.45) is -2.58. The topological polar surface area (TPSA) is 32.3 Å². The van der Waals surface area contributed by atoms with E-state index >= 15 is 0 Å². The van der Waals surface area contributed by atoms with E-state index in [-0.39, 0.29) is 15.6 Å². The zero-order chi connectivity index (χ0) is 18.2. The SMILES string of the molecule is O=C(Nc1cc(C(F)(F)F)ccc1N1CCCC1)c1cc(Cl)sc1Cl. The third-order valence-electron chi connectivity index (χ3n) is 3.92. The lowest BCUT2D eigenvalue weighted by molar-refractivity contribution is -0.137. The van der Waals surface area contributed by atoms with Crippen molar-refractivity contribution in [3.05, 3.63) is 44.1 Å². The minimum Gasteiger partial charge on any atom is -0.370 e. The summed E-state index contributed by atoms with van der Waals surface area (Å²) < 4.78 is 39.6. The van der Waals surface area contributed by atoms with Gasteiger partial charge < -0.3 is 10.2 Å². The van der Waals surface area contributed by atoms with Crippen LogP contribution in [0.2, 0.25) is 8.67 Å². The molecule has 1 N–H and O–H groups in total. The van der Waals surface area contributed by atoms with E-state index in [0.717, 1.165) is 49.4 Å². The van der Waals surface area contributed by atoms with Crippen LogP contribution in [0.3, 0.4) is 0 Å². The highest BCUT2D eigenvalue weighted by Gasteiger charge is 2.32. The summed E-state index contributed by atoms with van der Waals surface area (Å²) >= 11 is 12.8. The van der Waals surface area contributed by atoms with Crippen molar-refractivity contribution in [2.24, 2.45) is 0 Å². The van der Waals surface area contributed by atoms with Gasteiger partial charge >= 0.3 is 6.18 Å². The van der Waals surface area contributed by atoms with Gasteiger partial charge in [-0.2, -0.15) is 13.2 Å². The normalized spacial score (nSPS) is 14.8. The Morgan fingerprint density at radius 1 is 1.16 bits per heavy atom. The van der Waals surface area contributed by atoms with Crippen molar-refractivity contribution in [1.29, 1.82) is 0 Å². The van der Waals surface area contributed by atoms with Gasteiger partial charge in [-0.3, -0.25) is 4.79 Å². The van der Waals surface area contributed by atoms with Crippen molar-refractivity contribution in [3.8, 4) is 0 Å². The second kappa shape index (κ2) is 7.05. The van der Waals surface area contributed by atoms with Gasteiger partial charge in [0.25, 0.3) is 5.91 Å².